The third kappa shape index (κ3) is 1.16. The smallest absolute Gasteiger partial charge is 0.356 e. The lowest BCUT2D eigenvalue weighted by Gasteiger charge is -1.84. The molecule has 0 fully saturated rings. The minimum absolute atomic E-state index is 0.00130. The van der Waals surface area contributed by atoms with Crippen LogP contribution in [0.4, 0.5) is 0 Å². The fraction of sp³-hybridized carbons (Fsp3) is 0.286. The lowest BCUT2D eigenvalue weighted by Crippen LogP contribution is -1.98. The number of hydrogen-bond acceptors (Lipinski definition) is 3. The number of hydrogen-bond donors (Lipinski definition) is 2. The van der Waals surface area contributed by atoms with Gasteiger partial charge in [-0.15, -0.1) is 5.10 Å². The van der Waals surface area contributed by atoms with Crippen molar-refractivity contribution in [3.05, 3.63) is 17.6 Å². The quantitative estimate of drug-likeness (QED) is 0.697. The Labute approximate surface area is 73.2 Å². The molecule has 6 nitrogen and oxygen atoms in total. The molecule has 0 spiro atoms. The minimum Gasteiger partial charge on any atom is -0.476 e. The van der Waals surface area contributed by atoms with Gasteiger partial charge in [0.1, 0.15) is 5.82 Å². The number of carbonyl (C=O) groups is 1. The summed E-state index contributed by atoms with van der Waals surface area (Å²) in [5, 5.41) is 15.2. The molecule has 2 heterocycles. The second-order valence-corrected chi connectivity index (χ2v) is 2.63. The summed E-state index contributed by atoms with van der Waals surface area (Å²) >= 11 is 0. The standard InChI is InChI=1S/C7H8N4O2/c1-2-5-8-6-3-4(7(12)13)9-11(6)10-5/h3H,2H2,1H3,(H,8,10)(H,12,13). The van der Waals surface area contributed by atoms with Crippen LogP contribution in [0.1, 0.15) is 23.2 Å². The molecule has 0 aliphatic heterocycles. The summed E-state index contributed by atoms with van der Waals surface area (Å²) in [6.07, 6.45) is 0.770. The highest BCUT2D eigenvalue weighted by Gasteiger charge is 2.10. The first-order valence-electron chi connectivity index (χ1n) is 3.88. The van der Waals surface area contributed by atoms with Gasteiger partial charge in [0.05, 0.1) is 0 Å². The molecule has 2 aromatic rings. The maximum Gasteiger partial charge on any atom is 0.356 e. The Balaban J connectivity index is 2.54. The molecule has 0 radical (unpaired) electrons. The summed E-state index contributed by atoms with van der Waals surface area (Å²) < 4.78 is 1.36. The maximum absolute atomic E-state index is 10.5. The molecule has 2 aromatic heterocycles. The van der Waals surface area contributed by atoms with E-state index in [9.17, 15) is 4.79 Å². The third-order valence-electron chi connectivity index (χ3n) is 1.73. The highest BCUT2D eigenvalue weighted by Crippen LogP contribution is 2.04. The molecule has 0 aliphatic carbocycles. The number of aromatic nitrogens is 4. The van der Waals surface area contributed by atoms with Gasteiger partial charge in [-0.25, -0.2) is 9.78 Å². The zero-order valence-corrected chi connectivity index (χ0v) is 6.98. The number of fused-ring (bicyclic) bond motifs is 1. The van der Waals surface area contributed by atoms with Crippen LogP contribution in [-0.2, 0) is 6.42 Å². The van der Waals surface area contributed by atoms with Gasteiger partial charge in [0.25, 0.3) is 0 Å². The Morgan fingerprint density at radius 2 is 2.54 bits per heavy atom. The lowest BCUT2D eigenvalue weighted by atomic mass is 10.4. The average Bonchev–Trinajstić information content (AvgIpc) is 2.58. The summed E-state index contributed by atoms with van der Waals surface area (Å²) in [5.41, 5.74) is 0.538. The Hall–Kier alpha value is -1.85. The molecule has 0 amide bonds. The molecule has 13 heavy (non-hydrogen) atoms. The molecule has 0 atom stereocenters. The Kier molecular flexibility index (Phi) is 1.54. The van der Waals surface area contributed by atoms with Gasteiger partial charge in [0.15, 0.2) is 11.3 Å². The van der Waals surface area contributed by atoms with E-state index in [2.05, 4.69) is 15.2 Å². The van der Waals surface area contributed by atoms with Crippen molar-refractivity contribution in [3.8, 4) is 0 Å². The predicted octanol–water partition coefficient (Wildman–Crippen LogP) is 0.318. The van der Waals surface area contributed by atoms with Crippen LogP contribution in [-0.4, -0.2) is 30.9 Å². The van der Waals surface area contributed by atoms with Crippen LogP contribution in [0.15, 0.2) is 6.07 Å². The monoisotopic (exact) mass is 180 g/mol. The van der Waals surface area contributed by atoms with Gasteiger partial charge in [0, 0.05) is 12.5 Å². The molecule has 0 bridgehead atoms. The van der Waals surface area contributed by atoms with Crippen LogP contribution in [0.3, 0.4) is 0 Å². The van der Waals surface area contributed by atoms with Crippen LogP contribution >= 0.6 is 0 Å². The zero-order valence-electron chi connectivity index (χ0n) is 6.98. The van der Waals surface area contributed by atoms with E-state index < -0.39 is 5.97 Å². The van der Waals surface area contributed by atoms with Gasteiger partial charge in [-0.3, -0.25) is 5.10 Å². The number of carboxylic acids is 1. The summed E-state index contributed by atoms with van der Waals surface area (Å²) in [5.74, 6) is -0.253. The van der Waals surface area contributed by atoms with Crippen molar-refractivity contribution in [2.24, 2.45) is 0 Å². The van der Waals surface area contributed by atoms with Crippen molar-refractivity contribution >= 4 is 11.6 Å². The fourth-order valence-electron chi connectivity index (χ4n) is 1.08. The minimum atomic E-state index is -1.04. The van der Waals surface area contributed by atoms with E-state index in [1.807, 2.05) is 6.92 Å². The van der Waals surface area contributed by atoms with E-state index in [4.69, 9.17) is 5.11 Å². The third-order valence-corrected chi connectivity index (χ3v) is 1.73. The number of carboxylic acid groups (broad SMARTS) is 1. The first kappa shape index (κ1) is 7.78. The molecule has 68 valence electrons. The van der Waals surface area contributed by atoms with E-state index in [0.29, 0.717) is 5.65 Å². The highest BCUT2D eigenvalue weighted by atomic mass is 16.4. The SMILES string of the molecule is CCc1nc2cc(C(=O)O)nn2[nH]1. The van der Waals surface area contributed by atoms with E-state index in [-0.39, 0.29) is 5.69 Å². The molecular formula is C7H8N4O2. The van der Waals surface area contributed by atoms with E-state index >= 15 is 0 Å². The number of aryl methyl sites for hydroxylation is 1. The number of aromatic carboxylic acids is 1. The van der Waals surface area contributed by atoms with E-state index in [1.165, 1.54) is 10.7 Å². The van der Waals surface area contributed by atoms with Crippen LogP contribution in [0, 0.1) is 0 Å². The summed E-state index contributed by atoms with van der Waals surface area (Å²) in [6, 6.07) is 1.43. The van der Waals surface area contributed by atoms with Crippen molar-refractivity contribution in [2.45, 2.75) is 13.3 Å². The van der Waals surface area contributed by atoms with Crippen molar-refractivity contribution in [1.29, 1.82) is 0 Å². The summed E-state index contributed by atoms with van der Waals surface area (Å²) in [4.78, 5) is 14.6. The van der Waals surface area contributed by atoms with Gasteiger partial charge >= 0.3 is 5.97 Å². The van der Waals surface area contributed by atoms with Gasteiger partial charge in [-0.05, 0) is 0 Å². The Morgan fingerprint density at radius 3 is 3.08 bits per heavy atom. The molecule has 0 saturated heterocycles. The highest BCUT2D eigenvalue weighted by molar-refractivity contribution is 5.86. The van der Waals surface area contributed by atoms with Crippen LogP contribution in [0.2, 0.25) is 0 Å². The number of nitrogens with zero attached hydrogens (tertiary/aromatic N) is 3. The second kappa shape index (κ2) is 2.58. The fourth-order valence-corrected chi connectivity index (χ4v) is 1.08. The van der Waals surface area contributed by atoms with Crippen LogP contribution in [0.25, 0.3) is 5.65 Å². The van der Waals surface area contributed by atoms with Gasteiger partial charge in [-0.2, -0.15) is 4.63 Å². The topological polar surface area (TPSA) is 83.3 Å². The number of aromatic amines is 1. The van der Waals surface area contributed by atoms with E-state index in [1.54, 1.807) is 0 Å². The largest absolute Gasteiger partial charge is 0.476 e. The van der Waals surface area contributed by atoms with Gasteiger partial charge < -0.3 is 5.11 Å². The van der Waals surface area contributed by atoms with E-state index in [0.717, 1.165) is 12.2 Å². The number of nitrogens with one attached hydrogen (secondary N) is 1. The van der Waals surface area contributed by atoms with Crippen molar-refractivity contribution in [3.63, 3.8) is 0 Å². The molecule has 2 N–H and O–H groups in total. The molecular weight excluding hydrogens is 172 g/mol. The summed E-state index contributed by atoms with van der Waals surface area (Å²) in [6.45, 7) is 1.95. The first-order valence-corrected chi connectivity index (χ1v) is 3.88. The number of H-pyrrole nitrogens is 1. The van der Waals surface area contributed by atoms with Crippen molar-refractivity contribution in [2.75, 3.05) is 0 Å². The van der Waals surface area contributed by atoms with Crippen molar-refractivity contribution < 1.29 is 9.90 Å². The molecule has 0 unspecified atom stereocenters. The van der Waals surface area contributed by atoms with Crippen LogP contribution in [0.5, 0.6) is 0 Å². The predicted molar refractivity (Wildman–Crippen MR) is 43.7 cm³/mol. The van der Waals surface area contributed by atoms with Crippen molar-refractivity contribution in [1.82, 2.24) is 19.8 Å². The Bertz CT molecular complexity index is 424. The van der Waals surface area contributed by atoms with Crippen LogP contribution < -0.4 is 0 Å². The average molecular weight is 180 g/mol. The first-order chi connectivity index (χ1) is 6.20. The Morgan fingerprint density at radius 1 is 1.77 bits per heavy atom. The second-order valence-electron chi connectivity index (χ2n) is 2.63. The van der Waals surface area contributed by atoms with Gasteiger partial charge in [-0.1, -0.05) is 6.92 Å². The molecule has 0 saturated carbocycles. The molecule has 6 heteroatoms. The number of rotatable bonds is 2. The molecule has 0 aliphatic rings. The maximum atomic E-state index is 10.5. The normalized spacial score (nSPS) is 10.8. The zero-order chi connectivity index (χ0) is 9.42. The lowest BCUT2D eigenvalue weighted by molar-refractivity contribution is 0.0690. The molecule has 2 rings (SSSR count). The molecule has 0 aromatic carbocycles. The summed E-state index contributed by atoms with van der Waals surface area (Å²) in [7, 11) is 0. The van der Waals surface area contributed by atoms with Gasteiger partial charge in [0.2, 0.25) is 0 Å².